The Morgan fingerprint density at radius 2 is 1.62 bits per heavy atom. The smallest absolute Gasteiger partial charge is 0.406 e. The zero-order valence-electron chi connectivity index (χ0n) is 23.7. The van der Waals surface area contributed by atoms with Crippen LogP contribution in [0.2, 0.25) is 0 Å². The average molecular weight is 639 g/mol. The quantitative estimate of drug-likeness (QED) is 0.157. The van der Waals surface area contributed by atoms with E-state index in [0.717, 1.165) is 11.1 Å². The molecule has 0 saturated carbocycles. The van der Waals surface area contributed by atoms with Gasteiger partial charge in [-0.15, -0.1) is 13.2 Å². The fourth-order valence-electron chi connectivity index (χ4n) is 4.39. The number of hydrogen-bond donors (Lipinski definition) is 3. The van der Waals surface area contributed by atoms with Crippen LogP contribution in [0.3, 0.4) is 0 Å². The SMILES string of the molecule is O=S(=O)(Nc1ccc(CCNC[C@H](O)c2cccnc2)cc1)c1ccc(-n2ncc(Cc3ccc(OC(F)(F)F)cc3)n2)cc1. The van der Waals surface area contributed by atoms with E-state index in [1.807, 2.05) is 18.2 Å². The van der Waals surface area contributed by atoms with E-state index in [-0.39, 0.29) is 10.6 Å². The molecule has 0 saturated heterocycles. The molecule has 5 aromatic rings. The zero-order valence-corrected chi connectivity index (χ0v) is 24.5. The molecule has 0 bridgehead atoms. The molecule has 0 radical (unpaired) electrons. The van der Waals surface area contributed by atoms with Crippen LogP contribution in [0.4, 0.5) is 18.9 Å². The van der Waals surface area contributed by atoms with E-state index < -0.39 is 22.5 Å². The topological polar surface area (TPSA) is 131 Å². The molecular formula is C31H29F3N6O4S. The highest BCUT2D eigenvalue weighted by atomic mass is 32.2. The van der Waals surface area contributed by atoms with Gasteiger partial charge < -0.3 is 15.2 Å². The maximum Gasteiger partial charge on any atom is 0.573 e. The summed E-state index contributed by atoms with van der Waals surface area (Å²) in [5.74, 6) is -0.310. The van der Waals surface area contributed by atoms with Gasteiger partial charge in [-0.05, 0) is 78.7 Å². The summed E-state index contributed by atoms with van der Waals surface area (Å²) in [6, 6.07) is 22.2. The molecule has 0 fully saturated rings. The number of sulfonamides is 1. The van der Waals surface area contributed by atoms with Gasteiger partial charge in [0.25, 0.3) is 10.0 Å². The lowest BCUT2D eigenvalue weighted by atomic mass is 10.1. The van der Waals surface area contributed by atoms with Gasteiger partial charge in [-0.1, -0.05) is 30.3 Å². The van der Waals surface area contributed by atoms with Crippen molar-refractivity contribution in [3.8, 4) is 11.4 Å². The minimum atomic E-state index is -4.76. The maximum atomic E-state index is 13.0. The van der Waals surface area contributed by atoms with E-state index in [4.69, 9.17) is 0 Å². The van der Waals surface area contributed by atoms with Crippen LogP contribution >= 0.6 is 0 Å². The first-order valence-electron chi connectivity index (χ1n) is 13.8. The number of benzene rings is 3. The van der Waals surface area contributed by atoms with Gasteiger partial charge in [-0.3, -0.25) is 9.71 Å². The van der Waals surface area contributed by atoms with Gasteiger partial charge in [0.2, 0.25) is 0 Å². The fraction of sp³-hybridized carbons (Fsp3) is 0.194. The number of aliphatic hydroxyl groups is 1. The van der Waals surface area contributed by atoms with E-state index in [0.29, 0.717) is 48.6 Å². The molecule has 14 heteroatoms. The number of rotatable bonds is 13. The van der Waals surface area contributed by atoms with Gasteiger partial charge in [0.05, 0.1) is 28.6 Å². The van der Waals surface area contributed by atoms with E-state index in [1.54, 1.807) is 42.7 Å². The highest BCUT2D eigenvalue weighted by Crippen LogP contribution is 2.24. The summed E-state index contributed by atoms with van der Waals surface area (Å²) in [5.41, 5.74) is 3.97. The van der Waals surface area contributed by atoms with E-state index in [2.05, 4.69) is 30.0 Å². The van der Waals surface area contributed by atoms with Crippen molar-refractivity contribution in [3.63, 3.8) is 0 Å². The molecule has 3 aromatic carbocycles. The molecule has 2 heterocycles. The van der Waals surface area contributed by atoms with E-state index >= 15 is 0 Å². The zero-order chi connectivity index (χ0) is 31.9. The highest BCUT2D eigenvalue weighted by Gasteiger charge is 2.31. The Labute approximate surface area is 257 Å². The number of nitrogens with one attached hydrogen (secondary N) is 2. The van der Waals surface area contributed by atoms with Crippen molar-refractivity contribution >= 4 is 15.7 Å². The van der Waals surface area contributed by atoms with Crippen LogP contribution in [-0.4, -0.2) is 53.0 Å². The number of anilines is 1. The second-order valence-electron chi connectivity index (χ2n) is 10.0. The molecule has 2 aromatic heterocycles. The first-order chi connectivity index (χ1) is 21.5. The van der Waals surface area contributed by atoms with Gasteiger partial charge >= 0.3 is 6.36 Å². The van der Waals surface area contributed by atoms with Crippen molar-refractivity contribution in [3.05, 3.63) is 126 Å². The third-order valence-electron chi connectivity index (χ3n) is 6.66. The molecule has 1 atom stereocenters. The third-order valence-corrected chi connectivity index (χ3v) is 8.06. The molecule has 0 aliphatic rings. The standard InChI is InChI=1S/C31H29F3N6O4S/c32-31(33,34)44-28-11-5-23(6-12-28)18-26-20-37-40(38-26)27-9-13-29(14-10-27)45(42,43)39-25-7-3-22(4-8-25)15-17-36-21-30(41)24-2-1-16-35-19-24/h1-14,16,19-20,30,36,39,41H,15,17-18,21H2/t30-/m0/s1. The maximum absolute atomic E-state index is 13.0. The highest BCUT2D eigenvalue weighted by molar-refractivity contribution is 7.92. The van der Waals surface area contributed by atoms with Crippen molar-refractivity contribution in [1.29, 1.82) is 0 Å². The summed E-state index contributed by atoms with van der Waals surface area (Å²) in [5, 5.41) is 22.0. The van der Waals surface area contributed by atoms with Crippen LogP contribution in [0.1, 0.15) is 28.5 Å². The lowest BCUT2D eigenvalue weighted by Gasteiger charge is -2.12. The van der Waals surface area contributed by atoms with Crippen molar-refractivity contribution < 1.29 is 31.4 Å². The molecule has 10 nitrogen and oxygen atoms in total. The summed E-state index contributed by atoms with van der Waals surface area (Å²) >= 11 is 0. The van der Waals surface area contributed by atoms with Crippen molar-refractivity contribution in [2.75, 3.05) is 17.8 Å². The van der Waals surface area contributed by atoms with Crippen molar-refractivity contribution in [1.82, 2.24) is 25.3 Å². The molecule has 0 amide bonds. The summed E-state index contributed by atoms with van der Waals surface area (Å²) in [6.07, 6.45) is 0.421. The Kier molecular flexibility index (Phi) is 9.76. The number of alkyl halides is 3. The van der Waals surface area contributed by atoms with Crippen molar-refractivity contribution in [2.45, 2.75) is 30.2 Å². The monoisotopic (exact) mass is 638 g/mol. The number of aromatic nitrogens is 4. The molecule has 0 spiro atoms. The average Bonchev–Trinajstić information content (AvgIpc) is 3.49. The minimum absolute atomic E-state index is 0.0558. The number of pyridine rings is 1. The first kappa shape index (κ1) is 31.6. The number of ether oxygens (including phenoxy) is 1. The lowest BCUT2D eigenvalue weighted by molar-refractivity contribution is -0.274. The predicted octanol–water partition coefficient (Wildman–Crippen LogP) is 4.82. The second-order valence-corrected chi connectivity index (χ2v) is 11.7. The van der Waals surface area contributed by atoms with Crippen LogP contribution in [-0.2, 0) is 22.9 Å². The first-order valence-corrected chi connectivity index (χ1v) is 15.3. The molecular weight excluding hydrogens is 609 g/mol. The number of aliphatic hydroxyl groups excluding tert-OH is 1. The number of hydrogen-bond acceptors (Lipinski definition) is 8. The van der Waals surface area contributed by atoms with Gasteiger partial charge in [-0.25, -0.2) is 8.42 Å². The minimum Gasteiger partial charge on any atom is -0.406 e. The Morgan fingerprint density at radius 3 is 2.29 bits per heavy atom. The van der Waals surface area contributed by atoms with Gasteiger partial charge in [-0.2, -0.15) is 15.0 Å². The second kappa shape index (κ2) is 13.9. The normalized spacial score (nSPS) is 12.5. The molecule has 3 N–H and O–H groups in total. The number of halogens is 3. The van der Waals surface area contributed by atoms with Crippen LogP contribution in [0, 0.1) is 0 Å². The fourth-order valence-corrected chi connectivity index (χ4v) is 5.45. The largest absolute Gasteiger partial charge is 0.573 e. The number of nitrogens with zero attached hydrogens (tertiary/aromatic N) is 4. The van der Waals surface area contributed by atoms with Crippen LogP contribution < -0.4 is 14.8 Å². The summed E-state index contributed by atoms with van der Waals surface area (Å²) in [7, 11) is -3.86. The van der Waals surface area contributed by atoms with Crippen LogP contribution in [0.25, 0.3) is 5.69 Å². The van der Waals surface area contributed by atoms with E-state index in [9.17, 15) is 26.7 Å². The van der Waals surface area contributed by atoms with Gasteiger partial charge in [0, 0.05) is 36.6 Å². The van der Waals surface area contributed by atoms with Gasteiger partial charge in [0.15, 0.2) is 0 Å². The lowest BCUT2D eigenvalue weighted by Crippen LogP contribution is -2.23. The Balaban J connectivity index is 1.11. The summed E-state index contributed by atoms with van der Waals surface area (Å²) < 4.78 is 69.5. The molecule has 45 heavy (non-hydrogen) atoms. The molecule has 0 aliphatic carbocycles. The van der Waals surface area contributed by atoms with E-state index in [1.165, 1.54) is 47.4 Å². The molecule has 0 unspecified atom stereocenters. The van der Waals surface area contributed by atoms with Gasteiger partial charge in [0.1, 0.15) is 5.75 Å². The Morgan fingerprint density at radius 1 is 0.911 bits per heavy atom. The predicted molar refractivity (Wildman–Crippen MR) is 160 cm³/mol. The molecule has 5 rings (SSSR count). The van der Waals surface area contributed by atoms with Crippen LogP contribution in [0.15, 0.2) is 108 Å². The molecule has 0 aliphatic heterocycles. The Bertz CT molecular complexity index is 1780. The summed E-state index contributed by atoms with van der Waals surface area (Å²) in [6.45, 7) is 1.02. The summed E-state index contributed by atoms with van der Waals surface area (Å²) in [4.78, 5) is 5.40. The molecule has 234 valence electrons. The van der Waals surface area contributed by atoms with Crippen LogP contribution in [0.5, 0.6) is 5.75 Å². The Hall–Kier alpha value is -4.79. The third kappa shape index (κ3) is 9.11. The van der Waals surface area contributed by atoms with Crippen molar-refractivity contribution in [2.24, 2.45) is 0 Å².